The number of fused-ring (bicyclic) bond motifs is 7. The van der Waals surface area contributed by atoms with Crippen LogP contribution in [0.4, 0.5) is 0 Å². The molecule has 226 valence electrons. The zero-order valence-corrected chi connectivity index (χ0v) is 26.9. The average molecular weight is 613 g/mol. The van der Waals surface area contributed by atoms with Crippen molar-refractivity contribution in [2.24, 2.45) is 0 Å². The predicted octanol–water partition coefficient (Wildman–Crippen LogP) is 12.1. The second kappa shape index (κ2) is 10.0. The van der Waals surface area contributed by atoms with Gasteiger partial charge in [-0.3, -0.25) is 4.57 Å². The monoisotopic (exact) mass is 612 g/mol. The molecule has 0 atom stereocenters. The maximum Gasteiger partial charge on any atom is 0.146 e. The van der Waals surface area contributed by atoms with Gasteiger partial charge in [0.25, 0.3) is 0 Å². The Balaban J connectivity index is 1.44. The van der Waals surface area contributed by atoms with E-state index >= 15 is 0 Å². The van der Waals surface area contributed by atoms with E-state index in [-0.39, 0.29) is 5.41 Å². The van der Waals surface area contributed by atoms with Gasteiger partial charge in [0.15, 0.2) is 0 Å². The number of hydrogen-bond donors (Lipinski definition) is 0. The molecule has 0 radical (unpaired) electrons. The molecule has 0 saturated heterocycles. The highest BCUT2D eigenvalue weighted by Gasteiger charge is 2.36. The molecule has 1 aliphatic carbocycles. The molecule has 0 amide bonds. The van der Waals surface area contributed by atoms with Gasteiger partial charge in [-0.15, -0.1) is 0 Å². The molecule has 8 aromatic carbocycles. The van der Waals surface area contributed by atoms with Crippen LogP contribution in [0.15, 0.2) is 158 Å². The third kappa shape index (κ3) is 3.72. The molecule has 0 bridgehead atoms. The Hall–Kier alpha value is -5.99. The standard InChI is InChI=1S/C46H32N2/c1-46(2)39-24-11-10-20-32(39)36-27-37-38(28-40(36)46)44(45-47-41-25-12-13-26-42(41)48(45)30-17-4-3-5-18-30)35-22-9-8-21-34(35)43(37)33-23-14-16-29-15-6-7-19-31(29)33/h3-28H,1-2H3. The first-order valence-electron chi connectivity index (χ1n) is 16.7. The van der Waals surface area contributed by atoms with Crippen LogP contribution in [-0.4, -0.2) is 9.55 Å². The molecule has 0 unspecified atom stereocenters. The second-order valence-electron chi connectivity index (χ2n) is 13.5. The molecular formula is C46H32N2. The Bertz CT molecular complexity index is 2740. The minimum Gasteiger partial charge on any atom is -0.292 e. The van der Waals surface area contributed by atoms with Gasteiger partial charge in [0, 0.05) is 16.7 Å². The van der Waals surface area contributed by atoms with Crippen LogP contribution in [0.25, 0.3) is 82.7 Å². The van der Waals surface area contributed by atoms with Crippen LogP contribution in [0.3, 0.4) is 0 Å². The fraction of sp³-hybridized carbons (Fsp3) is 0.0652. The average Bonchev–Trinajstić information content (AvgIpc) is 3.62. The van der Waals surface area contributed by atoms with Crippen molar-refractivity contribution in [1.82, 2.24) is 9.55 Å². The topological polar surface area (TPSA) is 17.8 Å². The Morgan fingerprint density at radius 1 is 0.458 bits per heavy atom. The van der Waals surface area contributed by atoms with Crippen LogP contribution >= 0.6 is 0 Å². The summed E-state index contributed by atoms with van der Waals surface area (Å²) in [5, 5.41) is 7.41. The lowest BCUT2D eigenvalue weighted by atomic mass is 9.80. The quantitative estimate of drug-likeness (QED) is 0.182. The number of imidazole rings is 1. The number of benzene rings is 8. The van der Waals surface area contributed by atoms with E-state index in [0.717, 1.165) is 22.5 Å². The smallest absolute Gasteiger partial charge is 0.146 e. The minimum atomic E-state index is -0.137. The summed E-state index contributed by atoms with van der Waals surface area (Å²) in [5.74, 6) is 0.960. The van der Waals surface area contributed by atoms with Crippen LogP contribution in [-0.2, 0) is 5.41 Å². The van der Waals surface area contributed by atoms with Crippen molar-refractivity contribution < 1.29 is 0 Å². The SMILES string of the molecule is CC1(C)c2ccccc2-c2cc3c(-c4cccc5ccccc45)c4ccccc4c(-c4nc5ccccc5n4-c4ccccc4)c3cc21. The summed E-state index contributed by atoms with van der Waals surface area (Å²) in [6.07, 6.45) is 0. The van der Waals surface area contributed by atoms with Crippen molar-refractivity contribution in [1.29, 1.82) is 0 Å². The Morgan fingerprint density at radius 3 is 1.94 bits per heavy atom. The maximum absolute atomic E-state index is 5.44. The Labute approximate surface area is 279 Å². The van der Waals surface area contributed by atoms with Gasteiger partial charge in [-0.05, 0) is 102 Å². The van der Waals surface area contributed by atoms with Gasteiger partial charge in [-0.25, -0.2) is 4.98 Å². The summed E-state index contributed by atoms with van der Waals surface area (Å²) in [7, 11) is 0. The molecule has 0 N–H and O–H groups in total. The first kappa shape index (κ1) is 27.2. The zero-order valence-electron chi connectivity index (χ0n) is 26.9. The molecule has 2 heteroatoms. The second-order valence-corrected chi connectivity index (χ2v) is 13.5. The summed E-state index contributed by atoms with van der Waals surface area (Å²) >= 11 is 0. The highest BCUT2D eigenvalue weighted by molar-refractivity contribution is 6.24. The minimum absolute atomic E-state index is 0.137. The van der Waals surface area contributed by atoms with Crippen LogP contribution in [0.2, 0.25) is 0 Å². The van der Waals surface area contributed by atoms with E-state index in [1.54, 1.807) is 0 Å². The predicted molar refractivity (Wildman–Crippen MR) is 202 cm³/mol. The normalized spacial score (nSPS) is 13.4. The summed E-state index contributed by atoms with van der Waals surface area (Å²) < 4.78 is 2.35. The molecule has 9 aromatic rings. The van der Waals surface area contributed by atoms with Crippen molar-refractivity contribution in [2.45, 2.75) is 19.3 Å². The lowest BCUT2D eigenvalue weighted by Gasteiger charge is -2.24. The summed E-state index contributed by atoms with van der Waals surface area (Å²) in [6, 6.07) is 57.5. The molecule has 48 heavy (non-hydrogen) atoms. The first-order chi connectivity index (χ1) is 23.6. The van der Waals surface area contributed by atoms with E-state index in [1.807, 2.05) is 0 Å². The fourth-order valence-electron chi connectivity index (χ4n) is 8.38. The van der Waals surface area contributed by atoms with E-state index in [2.05, 4.69) is 176 Å². The number of nitrogens with zero attached hydrogens (tertiary/aromatic N) is 2. The molecule has 0 saturated carbocycles. The van der Waals surface area contributed by atoms with Crippen molar-refractivity contribution in [3.63, 3.8) is 0 Å². The Kier molecular flexibility index (Phi) is 5.66. The highest BCUT2D eigenvalue weighted by Crippen LogP contribution is 2.53. The first-order valence-corrected chi connectivity index (χ1v) is 16.7. The highest BCUT2D eigenvalue weighted by atomic mass is 15.1. The molecule has 1 aliphatic rings. The van der Waals surface area contributed by atoms with Crippen LogP contribution in [0, 0.1) is 0 Å². The third-order valence-electron chi connectivity index (χ3n) is 10.6. The number of aromatic nitrogens is 2. The van der Waals surface area contributed by atoms with Gasteiger partial charge in [0.2, 0.25) is 0 Å². The molecule has 2 nitrogen and oxygen atoms in total. The van der Waals surface area contributed by atoms with E-state index in [0.29, 0.717) is 0 Å². The summed E-state index contributed by atoms with van der Waals surface area (Å²) in [5.41, 5.74) is 12.1. The fourth-order valence-corrected chi connectivity index (χ4v) is 8.38. The van der Waals surface area contributed by atoms with Gasteiger partial charge in [0.05, 0.1) is 11.0 Å². The molecule has 1 heterocycles. The van der Waals surface area contributed by atoms with Gasteiger partial charge < -0.3 is 0 Å². The molecule has 1 aromatic heterocycles. The largest absolute Gasteiger partial charge is 0.292 e. The van der Waals surface area contributed by atoms with Crippen LogP contribution in [0.1, 0.15) is 25.0 Å². The van der Waals surface area contributed by atoms with Crippen molar-refractivity contribution >= 4 is 43.4 Å². The van der Waals surface area contributed by atoms with E-state index in [1.165, 1.54) is 71.3 Å². The third-order valence-corrected chi connectivity index (χ3v) is 10.6. The van der Waals surface area contributed by atoms with Gasteiger partial charge in [0.1, 0.15) is 5.82 Å². The van der Waals surface area contributed by atoms with Gasteiger partial charge in [-0.1, -0.05) is 135 Å². The van der Waals surface area contributed by atoms with Gasteiger partial charge >= 0.3 is 0 Å². The van der Waals surface area contributed by atoms with E-state index < -0.39 is 0 Å². The van der Waals surface area contributed by atoms with Crippen molar-refractivity contribution in [3.8, 4) is 39.3 Å². The van der Waals surface area contributed by atoms with Crippen molar-refractivity contribution in [3.05, 3.63) is 169 Å². The number of rotatable bonds is 3. The van der Waals surface area contributed by atoms with Crippen molar-refractivity contribution in [2.75, 3.05) is 0 Å². The summed E-state index contributed by atoms with van der Waals surface area (Å²) in [6.45, 7) is 4.74. The lowest BCUT2D eigenvalue weighted by Crippen LogP contribution is -2.15. The lowest BCUT2D eigenvalue weighted by molar-refractivity contribution is 0.661. The molecular weight excluding hydrogens is 581 g/mol. The molecule has 0 spiro atoms. The molecule has 0 aliphatic heterocycles. The number of para-hydroxylation sites is 3. The van der Waals surface area contributed by atoms with E-state index in [4.69, 9.17) is 4.98 Å². The maximum atomic E-state index is 5.44. The van der Waals surface area contributed by atoms with Crippen LogP contribution < -0.4 is 0 Å². The zero-order chi connectivity index (χ0) is 32.0. The molecule has 0 fully saturated rings. The van der Waals surface area contributed by atoms with Crippen LogP contribution in [0.5, 0.6) is 0 Å². The number of hydrogen-bond acceptors (Lipinski definition) is 1. The summed E-state index contributed by atoms with van der Waals surface area (Å²) in [4.78, 5) is 5.44. The van der Waals surface area contributed by atoms with E-state index in [9.17, 15) is 0 Å². The Morgan fingerprint density at radius 2 is 1.08 bits per heavy atom. The van der Waals surface area contributed by atoms with Gasteiger partial charge in [-0.2, -0.15) is 0 Å². The molecule has 10 rings (SSSR count).